The first-order chi connectivity index (χ1) is 8.98. The van der Waals surface area contributed by atoms with Crippen LogP contribution in [0.3, 0.4) is 0 Å². The van der Waals surface area contributed by atoms with Gasteiger partial charge in [0.2, 0.25) is 0 Å². The third-order valence-corrected chi connectivity index (χ3v) is 14.0. The van der Waals surface area contributed by atoms with Gasteiger partial charge in [-0.2, -0.15) is 0 Å². The van der Waals surface area contributed by atoms with Crippen LogP contribution < -0.4 is 5.30 Å². The van der Waals surface area contributed by atoms with Gasteiger partial charge in [0.15, 0.2) is 0 Å². The zero-order valence-corrected chi connectivity index (χ0v) is 17.1. The van der Waals surface area contributed by atoms with E-state index in [9.17, 15) is 0 Å². The fourth-order valence-corrected chi connectivity index (χ4v) is 17.1. The standard InChI is InChI=1S/C17H29ClP.Pd/c1-8-14-10-9-11-15(12-14)19(13-18,16(2,3)4)17(5,6)7;/h9-13,19H,8H2,1-7H3;. The van der Waals surface area contributed by atoms with Crippen molar-refractivity contribution in [2.24, 2.45) is 0 Å². The molecular weight excluding hydrogens is 377 g/mol. The first kappa shape index (κ1) is 18.7. The molecule has 1 aromatic carbocycles. The molecule has 3 heteroatoms. The van der Waals surface area contributed by atoms with Crippen molar-refractivity contribution in [3.8, 4) is 0 Å². The molecule has 0 saturated heterocycles. The Morgan fingerprint density at radius 3 is 1.95 bits per heavy atom. The number of rotatable bonds is 3. The molecule has 0 aromatic heterocycles. The zero-order chi connectivity index (χ0) is 15.8. The minimum absolute atomic E-state index is 0.0533. The molecule has 0 amide bonds. The Hall–Kier alpha value is 0.602. The first-order valence-electron chi connectivity index (χ1n) is 7.32. The number of halogens is 1. The molecule has 1 rings (SSSR count). The number of hydrogen-bond donors (Lipinski definition) is 0. The van der Waals surface area contributed by atoms with E-state index in [0.29, 0.717) is 0 Å². The van der Waals surface area contributed by atoms with Gasteiger partial charge in [-0.3, -0.25) is 0 Å². The van der Waals surface area contributed by atoms with Crippen LogP contribution in [0.2, 0.25) is 0 Å². The van der Waals surface area contributed by atoms with Crippen molar-refractivity contribution in [2.75, 3.05) is 0 Å². The second-order valence-corrected chi connectivity index (χ2v) is 16.4. The van der Waals surface area contributed by atoms with E-state index in [-0.39, 0.29) is 13.9 Å². The normalized spacial score (nSPS) is 16.1. The van der Waals surface area contributed by atoms with Gasteiger partial charge in [-0.1, -0.05) is 0 Å². The van der Waals surface area contributed by atoms with E-state index in [1.54, 1.807) is 0 Å². The van der Waals surface area contributed by atoms with Gasteiger partial charge in [-0.15, -0.1) is 0 Å². The molecule has 0 aliphatic rings. The van der Waals surface area contributed by atoms with Crippen molar-refractivity contribution < 1.29 is 19.2 Å². The topological polar surface area (TPSA) is 0 Å². The van der Waals surface area contributed by atoms with Gasteiger partial charge in [0, 0.05) is 0 Å². The van der Waals surface area contributed by atoms with Crippen LogP contribution in [0.25, 0.3) is 0 Å². The van der Waals surface area contributed by atoms with E-state index in [1.807, 2.05) is 0 Å². The van der Waals surface area contributed by atoms with Crippen LogP contribution in [0.5, 0.6) is 0 Å². The molecule has 0 spiro atoms. The molecule has 0 radical (unpaired) electrons. The van der Waals surface area contributed by atoms with Gasteiger partial charge in [0.1, 0.15) is 0 Å². The van der Waals surface area contributed by atoms with Crippen LogP contribution in [-0.2, 0) is 25.6 Å². The summed E-state index contributed by atoms with van der Waals surface area (Å²) in [4.78, 5) is 0. The monoisotopic (exact) mass is 405 g/mol. The first-order valence-corrected chi connectivity index (χ1v) is 10.7. The second-order valence-electron chi connectivity index (χ2n) is 7.63. The van der Waals surface area contributed by atoms with Crippen LogP contribution in [0, 0.1) is 0 Å². The summed E-state index contributed by atoms with van der Waals surface area (Å²) >= 11 is 10.3. The Balaban J connectivity index is 3.67. The van der Waals surface area contributed by atoms with Crippen molar-refractivity contribution in [2.45, 2.75) is 68.8 Å². The van der Waals surface area contributed by atoms with Crippen molar-refractivity contribution in [3.63, 3.8) is 0 Å². The average Bonchev–Trinajstić information content (AvgIpc) is 2.25. The molecule has 0 fully saturated rings. The molecule has 1 atom stereocenters. The number of hydrogen-bond acceptors (Lipinski definition) is 0. The molecule has 0 aliphatic carbocycles. The van der Waals surface area contributed by atoms with Crippen LogP contribution in [-0.4, -0.2) is 13.9 Å². The summed E-state index contributed by atoms with van der Waals surface area (Å²) in [5.41, 5.74) is 1.40. The van der Waals surface area contributed by atoms with Gasteiger partial charge in [-0.25, -0.2) is 0 Å². The molecule has 0 bridgehead atoms. The fourth-order valence-electron chi connectivity index (χ4n) is 3.74. The molecule has 20 heavy (non-hydrogen) atoms. The average molecular weight is 406 g/mol. The van der Waals surface area contributed by atoms with Gasteiger partial charge >= 0.3 is 142 Å². The molecule has 1 aromatic rings. The van der Waals surface area contributed by atoms with Crippen LogP contribution in [0.15, 0.2) is 24.3 Å². The summed E-state index contributed by atoms with van der Waals surface area (Å²) in [6.45, 7) is 16.3. The van der Waals surface area contributed by atoms with Crippen LogP contribution in [0.1, 0.15) is 54.0 Å². The van der Waals surface area contributed by atoms with Crippen LogP contribution >= 0.6 is 18.9 Å². The zero-order valence-electron chi connectivity index (χ0n) is 13.8. The van der Waals surface area contributed by atoms with Gasteiger partial charge in [0.25, 0.3) is 0 Å². The fraction of sp³-hybridized carbons (Fsp3) is 0.647. The maximum atomic E-state index is 6.79. The predicted octanol–water partition coefficient (Wildman–Crippen LogP) is 5.29. The summed E-state index contributed by atoms with van der Waals surface area (Å²) in [6, 6.07) is 9.11. The van der Waals surface area contributed by atoms with E-state index in [1.165, 1.54) is 10.9 Å². The molecule has 0 aliphatic heterocycles. The molecule has 0 nitrogen and oxygen atoms in total. The molecule has 0 N–H and O–H groups in total. The Labute approximate surface area is 141 Å². The second kappa shape index (κ2) is 6.38. The molecule has 0 heterocycles. The third-order valence-electron chi connectivity index (χ3n) is 4.46. The van der Waals surface area contributed by atoms with E-state index in [0.717, 1.165) is 6.42 Å². The Kier molecular flexibility index (Phi) is 5.95. The van der Waals surface area contributed by atoms with E-state index < -0.39 is 7.26 Å². The Morgan fingerprint density at radius 1 is 1.10 bits per heavy atom. The molecule has 1 unspecified atom stereocenters. The van der Waals surface area contributed by atoms with Gasteiger partial charge in [-0.05, 0) is 0 Å². The van der Waals surface area contributed by atoms with E-state index in [2.05, 4.69) is 91.9 Å². The number of alkyl halides is 1. The van der Waals surface area contributed by atoms with Crippen molar-refractivity contribution in [1.82, 2.24) is 0 Å². The predicted molar refractivity (Wildman–Crippen MR) is 92.9 cm³/mol. The summed E-state index contributed by atoms with van der Waals surface area (Å²) in [5, 5.41) is 1.84. The van der Waals surface area contributed by atoms with Crippen molar-refractivity contribution >= 4 is 24.2 Å². The van der Waals surface area contributed by atoms with Gasteiger partial charge in [0.05, 0.1) is 0 Å². The number of benzene rings is 1. The Bertz CT molecular complexity index is 441. The molecular formula is C17H29ClPPd. The van der Waals surface area contributed by atoms with E-state index in [4.69, 9.17) is 11.6 Å². The molecule has 0 saturated carbocycles. The summed E-state index contributed by atoms with van der Waals surface area (Å²) in [6.07, 6.45) is 1.07. The molecule has 119 valence electrons. The summed E-state index contributed by atoms with van der Waals surface area (Å²) in [5.74, 6) is 0. The summed E-state index contributed by atoms with van der Waals surface area (Å²) < 4.78 is 0.0533. The third kappa shape index (κ3) is 3.18. The SMILES string of the molecule is CCc1cccc([PH]([CH](Cl)[Pd])(C(C)(C)C)C(C)(C)C)c1. The Morgan fingerprint density at radius 2 is 1.60 bits per heavy atom. The van der Waals surface area contributed by atoms with Crippen molar-refractivity contribution in [1.29, 1.82) is 0 Å². The van der Waals surface area contributed by atoms with E-state index >= 15 is 0 Å². The quantitative estimate of drug-likeness (QED) is 0.364. The summed E-state index contributed by atoms with van der Waals surface area (Å²) in [7, 11) is -2.00. The van der Waals surface area contributed by atoms with Gasteiger partial charge < -0.3 is 0 Å². The minimum atomic E-state index is -2.00. The van der Waals surface area contributed by atoms with Crippen LogP contribution in [0.4, 0.5) is 0 Å². The number of aryl methyl sites for hydroxylation is 1. The maximum absolute atomic E-state index is 6.79. The van der Waals surface area contributed by atoms with Crippen molar-refractivity contribution in [3.05, 3.63) is 29.8 Å².